The lowest BCUT2D eigenvalue weighted by molar-refractivity contribution is -0.134. The SMILES string of the molecule is CC(C)NC(=O)Nc1ccc2c(c1)CC(=O)N([C@H](C)CO)C[C@H](C)[C@@H](CN(C)CC1CC1)O2. The van der Waals surface area contributed by atoms with Crippen LogP contribution in [0, 0.1) is 11.8 Å². The van der Waals surface area contributed by atoms with Gasteiger partial charge in [0.2, 0.25) is 5.91 Å². The Bertz CT molecular complexity index is 827. The minimum Gasteiger partial charge on any atom is -0.488 e. The molecule has 3 N–H and O–H groups in total. The maximum atomic E-state index is 13.2. The van der Waals surface area contributed by atoms with Crippen molar-refractivity contribution in [1.82, 2.24) is 15.1 Å². The number of likely N-dealkylation sites (N-methyl/N-ethyl adjacent to an activating group) is 1. The third kappa shape index (κ3) is 7.33. The van der Waals surface area contributed by atoms with Crippen LogP contribution in [-0.2, 0) is 11.2 Å². The molecule has 33 heavy (non-hydrogen) atoms. The largest absolute Gasteiger partial charge is 0.488 e. The molecule has 1 aromatic rings. The number of hydrogen-bond acceptors (Lipinski definition) is 5. The number of nitrogens with one attached hydrogen (secondary N) is 2. The van der Waals surface area contributed by atoms with E-state index < -0.39 is 0 Å². The van der Waals surface area contributed by atoms with Crippen LogP contribution >= 0.6 is 0 Å². The average molecular weight is 461 g/mol. The zero-order valence-electron chi connectivity index (χ0n) is 20.6. The Balaban J connectivity index is 1.86. The van der Waals surface area contributed by atoms with Crippen molar-refractivity contribution in [2.75, 3.05) is 38.6 Å². The molecule has 2 aliphatic rings. The van der Waals surface area contributed by atoms with E-state index in [0.717, 1.165) is 24.6 Å². The van der Waals surface area contributed by atoms with Gasteiger partial charge in [0.15, 0.2) is 0 Å². The Labute approximate surface area is 197 Å². The van der Waals surface area contributed by atoms with Crippen molar-refractivity contribution in [3.05, 3.63) is 23.8 Å². The number of ether oxygens (including phenoxy) is 1. The zero-order valence-corrected chi connectivity index (χ0v) is 20.6. The van der Waals surface area contributed by atoms with Gasteiger partial charge in [0, 0.05) is 42.8 Å². The highest BCUT2D eigenvalue weighted by molar-refractivity contribution is 5.90. The number of carbonyl (C=O) groups excluding carboxylic acids is 2. The summed E-state index contributed by atoms with van der Waals surface area (Å²) in [6.45, 7) is 10.0. The fourth-order valence-corrected chi connectivity index (χ4v) is 4.28. The van der Waals surface area contributed by atoms with Gasteiger partial charge in [0.1, 0.15) is 11.9 Å². The second-order valence-electron chi connectivity index (χ2n) is 10.1. The van der Waals surface area contributed by atoms with Gasteiger partial charge in [-0.25, -0.2) is 4.79 Å². The van der Waals surface area contributed by atoms with Crippen LogP contribution < -0.4 is 15.4 Å². The predicted molar refractivity (Wildman–Crippen MR) is 129 cm³/mol. The van der Waals surface area contributed by atoms with Gasteiger partial charge < -0.3 is 30.3 Å². The molecule has 0 radical (unpaired) electrons. The van der Waals surface area contributed by atoms with Crippen molar-refractivity contribution in [3.8, 4) is 5.75 Å². The van der Waals surface area contributed by atoms with Crippen molar-refractivity contribution in [1.29, 1.82) is 0 Å². The van der Waals surface area contributed by atoms with Crippen LogP contribution in [0.15, 0.2) is 18.2 Å². The highest BCUT2D eigenvalue weighted by Crippen LogP contribution is 2.31. The molecule has 0 unspecified atom stereocenters. The Morgan fingerprint density at radius 3 is 2.64 bits per heavy atom. The standard InChI is InChI=1S/C25H40N4O4/c1-16(2)26-25(32)27-21-8-9-22-20(10-21)11-24(31)29(18(4)15-30)12-17(3)23(33-22)14-28(5)13-19-6-7-19/h8-10,16-19,23,30H,6-7,11-15H2,1-5H3,(H2,26,27,32)/t17-,18+,23+/m0/s1. The first kappa shape index (κ1) is 25.3. The quantitative estimate of drug-likeness (QED) is 0.555. The van der Waals surface area contributed by atoms with E-state index in [1.165, 1.54) is 12.8 Å². The van der Waals surface area contributed by atoms with Crippen molar-refractivity contribution < 1.29 is 19.4 Å². The lowest BCUT2D eigenvalue weighted by Crippen LogP contribution is -2.47. The molecule has 1 saturated carbocycles. The molecule has 0 aromatic heterocycles. The smallest absolute Gasteiger partial charge is 0.319 e. The van der Waals surface area contributed by atoms with E-state index in [2.05, 4.69) is 29.5 Å². The molecule has 3 atom stereocenters. The lowest BCUT2D eigenvalue weighted by atomic mass is 10.0. The predicted octanol–water partition coefficient (Wildman–Crippen LogP) is 2.71. The molecule has 1 aliphatic heterocycles. The summed E-state index contributed by atoms with van der Waals surface area (Å²) in [5, 5.41) is 15.4. The van der Waals surface area contributed by atoms with Crippen molar-refractivity contribution in [3.63, 3.8) is 0 Å². The first-order chi connectivity index (χ1) is 15.7. The zero-order chi connectivity index (χ0) is 24.1. The Morgan fingerprint density at radius 2 is 2.00 bits per heavy atom. The van der Waals surface area contributed by atoms with Crippen LogP contribution in [0.5, 0.6) is 5.75 Å². The monoisotopic (exact) mass is 460 g/mol. The van der Waals surface area contributed by atoms with E-state index in [-0.39, 0.29) is 49.1 Å². The maximum absolute atomic E-state index is 13.2. The van der Waals surface area contributed by atoms with E-state index in [4.69, 9.17) is 4.74 Å². The summed E-state index contributed by atoms with van der Waals surface area (Å²) in [4.78, 5) is 29.5. The molecule has 8 nitrogen and oxygen atoms in total. The lowest BCUT2D eigenvalue weighted by Gasteiger charge is -2.34. The molecule has 3 rings (SSSR count). The fraction of sp³-hybridized carbons (Fsp3) is 0.680. The summed E-state index contributed by atoms with van der Waals surface area (Å²) in [5.74, 6) is 1.49. The summed E-state index contributed by atoms with van der Waals surface area (Å²) in [6, 6.07) is 4.93. The first-order valence-corrected chi connectivity index (χ1v) is 12.1. The third-order valence-electron chi connectivity index (χ3n) is 6.35. The molecule has 0 bridgehead atoms. The number of amides is 3. The fourth-order valence-electron chi connectivity index (χ4n) is 4.28. The summed E-state index contributed by atoms with van der Waals surface area (Å²) in [5.41, 5.74) is 1.35. The Morgan fingerprint density at radius 1 is 1.27 bits per heavy atom. The van der Waals surface area contributed by atoms with Crippen LogP contribution in [0.25, 0.3) is 0 Å². The minimum atomic E-state index is -0.288. The number of aliphatic hydroxyl groups excluding tert-OH is 1. The summed E-state index contributed by atoms with van der Waals surface area (Å²) in [6.07, 6.45) is 2.64. The normalized spacial score (nSPS) is 22.2. The number of hydrogen-bond donors (Lipinski definition) is 3. The summed E-state index contributed by atoms with van der Waals surface area (Å²) < 4.78 is 6.53. The highest BCUT2D eigenvalue weighted by Gasteiger charge is 2.32. The number of rotatable bonds is 8. The van der Waals surface area contributed by atoms with E-state index in [1.54, 1.807) is 4.90 Å². The van der Waals surface area contributed by atoms with Gasteiger partial charge in [-0.2, -0.15) is 0 Å². The van der Waals surface area contributed by atoms with Gasteiger partial charge in [0.25, 0.3) is 0 Å². The molecule has 184 valence electrons. The van der Waals surface area contributed by atoms with Gasteiger partial charge >= 0.3 is 6.03 Å². The molecule has 8 heteroatoms. The maximum Gasteiger partial charge on any atom is 0.319 e. The summed E-state index contributed by atoms with van der Waals surface area (Å²) >= 11 is 0. The van der Waals surface area contributed by atoms with Gasteiger partial charge in [-0.15, -0.1) is 0 Å². The van der Waals surface area contributed by atoms with Gasteiger partial charge in [-0.1, -0.05) is 6.92 Å². The number of aliphatic hydroxyl groups is 1. The van der Waals surface area contributed by atoms with Crippen LogP contribution in [-0.4, -0.2) is 78.3 Å². The number of nitrogens with zero attached hydrogens (tertiary/aromatic N) is 2. The second-order valence-corrected chi connectivity index (χ2v) is 10.1. The molecule has 0 saturated heterocycles. The van der Waals surface area contributed by atoms with Crippen LogP contribution in [0.2, 0.25) is 0 Å². The first-order valence-electron chi connectivity index (χ1n) is 12.1. The number of carbonyl (C=O) groups is 2. The highest BCUT2D eigenvalue weighted by atomic mass is 16.5. The molecule has 1 fully saturated rings. The molecule has 1 aromatic carbocycles. The second kappa shape index (κ2) is 11.2. The van der Waals surface area contributed by atoms with Gasteiger partial charge in [-0.05, 0) is 64.8 Å². The van der Waals surface area contributed by atoms with Crippen LogP contribution in [0.3, 0.4) is 0 Å². The molecule has 3 amide bonds. The van der Waals surface area contributed by atoms with Crippen molar-refractivity contribution in [2.24, 2.45) is 11.8 Å². The van der Waals surface area contributed by atoms with Crippen LogP contribution in [0.1, 0.15) is 46.1 Å². The van der Waals surface area contributed by atoms with E-state index >= 15 is 0 Å². The number of fused-ring (bicyclic) bond motifs is 1. The Hall–Kier alpha value is -2.32. The number of benzene rings is 1. The molecule has 1 heterocycles. The van der Waals surface area contributed by atoms with E-state index in [9.17, 15) is 14.7 Å². The van der Waals surface area contributed by atoms with Crippen molar-refractivity contribution >= 4 is 17.6 Å². The third-order valence-corrected chi connectivity index (χ3v) is 6.35. The molecule has 0 spiro atoms. The van der Waals surface area contributed by atoms with Crippen molar-refractivity contribution in [2.45, 2.75) is 65.1 Å². The van der Waals surface area contributed by atoms with E-state index in [1.807, 2.05) is 39.0 Å². The average Bonchev–Trinajstić information content (AvgIpc) is 3.54. The van der Waals surface area contributed by atoms with E-state index in [0.29, 0.717) is 18.0 Å². The molecular weight excluding hydrogens is 420 g/mol. The molecular formula is C25H40N4O4. The molecule has 1 aliphatic carbocycles. The van der Waals surface area contributed by atoms with Gasteiger partial charge in [0.05, 0.1) is 19.1 Å². The number of urea groups is 1. The minimum absolute atomic E-state index is 0.0196. The summed E-state index contributed by atoms with van der Waals surface area (Å²) in [7, 11) is 2.13. The topological polar surface area (TPSA) is 94.1 Å². The van der Waals surface area contributed by atoms with Gasteiger partial charge in [-0.3, -0.25) is 4.79 Å². The number of anilines is 1. The Kier molecular flexibility index (Phi) is 8.59. The van der Waals surface area contributed by atoms with Crippen LogP contribution in [0.4, 0.5) is 10.5 Å².